The number of H-pyrrole nitrogens is 2. The van der Waals surface area contributed by atoms with Crippen molar-refractivity contribution in [2.24, 2.45) is 0 Å². The number of fused-ring (bicyclic) bond motifs is 1. The summed E-state index contributed by atoms with van der Waals surface area (Å²) in [4.78, 5) is 37.3. The standard InChI is InChI=1S/C18H18N4O2/c1-11-13-4-2-3-5-14(13)21-17(23)15(11)18(24)22-9-6-12(10-22)16-19-7-8-20-16/h2-5,7-8,12H,6,9-10H2,1H3,(H,19,20)(H,21,23). The molecule has 6 heteroatoms. The SMILES string of the molecule is Cc1c(C(=O)N2CCC(c3ncc[nH]3)C2)c(=O)[nH]c2ccccc12. The summed E-state index contributed by atoms with van der Waals surface area (Å²) >= 11 is 0. The van der Waals surface area contributed by atoms with Crippen LogP contribution in [0.5, 0.6) is 0 Å². The van der Waals surface area contributed by atoms with Crippen LogP contribution in [0, 0.1) is 6.92 Å². The first-order chi connectivity index (χ1) is 11.6. The zero-order valence-corrected chi connectivity index (χ0v) is 13.4. The lowest BCUT2D eigenvalue weighted by atomic mass is 10.0. The lowest BCUT2D eigenvalue weighted by Crippen LogP contribution is -2.34. The number of amides is 1. The van der Waals surface area contributed by atoms with Gasteiger partial charge in [0.25, 0.3) is 11.5 Å². The number of nitrogens with zero attached hydrogens (tertiary/aromatic N) is 2. The second-order valence-corrected chi connectivity index (χ2v) is 6.21. The number of hydrogen-bond donors (Lipinski definition) is 2. The molecule has 1 amide bonds. The highest BCUT2D eigenvalue weighted by Crippen LogP contribution is 2.26. The lowest BCUT2D eigenvalue weighted by molar-refractivity contribution is 0.0788. The number of benzene rings is 1. The molecule has 0 saturated carbocycles. The summed E-state index contributed by atoms with van der Waals surface area (Å²) < 4.78 is 0. The molecular formula is C18H18N4O2. The number of para-hydroxylation sites is 1. The summed E-state index contributed by atoms with van der Waals surface area (Å²) in [6, 6.07) is 7.55. The average Bonchev–Trinajstić information content (AvgIpc) is 3.26. The van der Waals surface area contributed by atoms with Crippen LogP contribution < -0.4 is 5.56 Å². The molecule has 1 atom stereocenters. The van der Waals surface area contributed by atoms with E-state index in [9.17, 15) is 9.59 Å². The maximum absolute atomic E-state index is 12.9. The van der Waals surface area contributed by atoms with Crippen LogP contribution in [0.2, 0.25) is 0 Å². The first kappa shape index (κ1) is 14.7. The van der Waals surface area contributed by atoms with Gasteiger partial charge in [-0.3, -0.25) is 9.59 Å². The second-order valence-electron chi connectivity index (χ2n) is 6.21. The smallest absolute Gasteiger partial charge is 0.261 e. The molecule has 3 heterocycles. The summed E-state index contributed by atoms with van der Waals surface area (Å²) in [5.74, 6) is 0.895. The number of aryl methyl sites for hydroxylation is 1. The Morgan fingerprint density at radius 2 is 2.17 bits per heavy atom. The van der Waals surface area contributed by atoms with E-state index in [0.29, 0.717) is 13.1 Å². The Labute approximate surface area is 138 Å². The molecule has 2 aromatic heterocycles. The molecule has 1 saturated heterocycles. The average molecular weight is 322 g/mol. The Balaban J connectivity index is 1.68. The Kier molecular flexibility index (Phi) is 3.45. The first-order valence-electron chi connectivity index (χ1n) is 8.05. The summed E-state index contributed by atoms with van der Waals surface area (Å²) in [7, 11) is 0. The molecule has 122 valence electrons. The fourth-order valence-corrected chi connectivity index (χ4v) is 3.49. The highest BCUT2D eigenvalue weighted by molar-refractivity contribution is 6.00. The van der Waals surface area contributed by atoms with Gasteiger partial charge < -0.3 is 14.9 Å². The third-order valence-electron chi connectivity index (χ3n) is 4.78. The molecule has 0 aliphatic carbocycles. The highest BCUT2D eigenvalue weighted by atomic mass is 16.2. The van der Waals surface area contributed by atoms with E-state index in [1.165, 1.54) is 0 Å². The van der Waals surface area contributed by atoms with Gasteiger partial charge in [0.1, 0.15) is 11.4 Å². The zero-order chi connectivity index (χ0) is 16.7. The van der Waals surface area contributed by atoms with E-state index in [2.05, 4.69) is 15.0 Å². The number of carbonyl (C=O) groups excluding carboxylic acids is 1. The van der Waals surface area contributed by atoms with Crippen molar-refractivity contribution in [2.45, 2.75) is 19.3 Å². The fraction of sp³-hybridized carbons (Fsp3) is 0.278. The van der Waals surface area contributed by atoms with Crippen LogP contribution in [0.25, 0.3) is 10.9 Å². The van der Waals surface area contributed by atoms with Crippen LogP contribution >= 0.6 is 0 Å². The third kappa shape index (κ3) is 2.31. The third-order valence-corrected chi connectivity index (χ3v) is 4.78. The second kappa shape index (κ2) is 5.63. The summed E-state index contributed by atoms with van der Waals surface area (Å²) in [5, 5.41) is 0.905. The van der Waals surface area contributed by atoms with Gasteiger partial charge in [0.05, 0.1) is 0 Å². The van der Waals surface area contributed by atoms with Crippen molar-refractivity contribution in [1.82, 2.24) is 19.9 Å². The van der Waals surface area contributed by atoms with Crippen LogP contribution in [-0.4, -0.2) is 38.8 Å². The van der Waals surface area contributed by atoms with Gasteiger partial charge in [-0.05, 0) is 25.0 Å². The van der Waals surface area contributed by atoms with Gasteiger partial charge in [-0.15, -0.1) is 0 Å². The minimum atomic E-state index is -0.322. The van der Waals surface area contributed by atoms with Gasteiger partial charge in [-0.2, -0.15) is 0 Å². The number of rotatable bonds is 2. The Morgan fingerprint density at radius 3 is 2.96 bits per heavy atom. The van der Waals surface area contributed by atoms with Gasteiger partial charge in [-0.25, -0.2) is 4.98 Å². The van der Waals surface area contributed by atoms with Gasteiger partial charge in [0.2, 0.25) is 0 Å². The predicted octanol–water partition coefficient (Wildman–Crippen LogP) is 2.19. The largest absolute Gasteiger partial charge is 0.348 e. The Bertz CT molecular complexity index is 959. The molecule has 24 heavy (non-hydrogen) atoms. The van der Waals surface area contributed by atoms with Gasteiger partial charge in [0.15, 0.2) is 0 Å². The minimum Gasteiger partial charge on any atom is -0.348 e. The Morgan fingerprint density at radius 1 is 1.33 bits per heavy atom. The number of pyridine rings is 1. The molecule has 1 aliphatic heterocycles. The molecular weight excluding hydrogens is 304 g/mol. The monoisotopic (exact) mass is 322 g/mol. The summed E-state index contributed by atoms with van der Waals surface area (Å²) in [6.45, 7) is 3.05. The van der Waals surface area contributed by atoms with E-state index in [1.807, 2.05) is 31.2 Å². The quantitative estimate of drug-likeness (QED) is 0.759. The molecule has 6 nitrogen and oxygen atoms in total. The van der Waals surface area contributed by atoms with Crippen molar-refractivity contribution in [3.8, 4) is 0 Å². The molecule has 0 bridgehead atoms. The number of aromatic amines is 2. The fourth-order valence-electron chi connectivity index (χ4n) is 3.49. The summed E-state index contributed by atoms with van der Waals surface area (Å²) in [5.41, 5.74) is 1.42. The van der Waals surface area contributed by atoms with Crippen molar-refractivity contribution in [3.05, 3.63) is 64.0 Å². The first-order valence-corrected chi connectivity index (χ1v) is 8.05. The Hall–Kier alpha value is -2.89. The molecule has 0 spiro atoms. The number of aromatic nitrogens is 3. The molecule has 0 radical (unpaired) electrons. The van der Waals surface area contributed by atoms with E-state index in [4.69, 9.17) is 0 Å². The van der Waals surface area contributed by atoms with Crippen LogP contribution in [0.15, 0.2) is 41.5 Å². The van der Waals surface area contributed by atoms with E-state index in [-0.39, 0.29) is 22.9 Å². The normalized spacial score (nSPS) is 17.5. The molecule has 1 aliphatic rings. The number of hydrogen-bond acceptors (Lipinski definition) is 3. The molecule has 1 unspecified atom stereocenters. The van der Waals surface area contributed by atoms with E-state index in [1.54, 1.807) is 17.3 Å². The zero-order valence-electron chi connectivity index (χ0n) is 13.4. The van der Waals surface area contributed by atoms with Crippen molar-refractivity contribution < 1.29 is 4.79 Å². The number of carbonyl (C=O) groups is 1. The number of nitrogens with one attached hydrogen (secondary N) is 2. The molecule has 3 aromatic rings. The predicted molar refractivity (Wildman–Crippen MR) is 91.2 cm³/mol. The van der Waals surface area contributed by atoms with Gasteiger partial charge in [-0.1, -0.05) is 18.2 Å². The van der Waals surface area contributed by atoms with E-state index >= 15 is 0 Å². The molecule has 4 rings (SSSR count). The van der Waals surface area contributed by atoms with E-state index in [0.717, 1.165) is 28.7 Å². The highest BCUT2D eigenvalue weighted by Gasteiger charge is 2.31. The maximum Gasteiger partial charge on any atom is 0.261 e. The van der Waals surface area contributed by atoms with Crippen molar-refractivity contribution in [2.75, 3.05) is 13.1 Å². The van der Waals surface area contributed by atoms with Crippen molar-refractivity contribution in [1.29, 1.82) is 0 Å². The van der Waals surface area contributed by atoms with Gasteiger partial charge in [0, 0.05) is 42.3 Å². The minimum absolute atomic E-state index is 0.198. The van der Waals surface area contributed by atoms with E-state index < -0.39 is 0 Å². The topological polar surface area (TPSA) is 81.8 Å². The van der Waals surface area contributed by atoms with Crippen molar-refractivity contribution in [3.63, 3.8) is 0 Å². The number of imidazole rings is 1. The number of likely N-dealkylation sites (tertiary alicyclic amines) is 1. The van der Waals surface area contributed by atoms with Crippen molar-refractivity contribution >= 4 is 16.8 Å². The molecule has 2 N–H and O–H groups in total. The lowest BCUT2D eigenvalue weighted by Gasteiger charge is -2.17. The van der Waals surface area contributed by atoms with Crippen LogP contribution in [0.1, 0.15) is 34.1 Å². The maximum atomic E-state index is 12.9. The van der Waals surface area contributed by atoms with Gasteiger partial charge >= 0.3 is 0 Å². The van der Waals surface area contributed by atoms with Crippen LogP contribution in [0.3, 0.4) is 0 Å². The van der Waals surface area contributed by atoms with Crippen LogP contribution in [0.4, 0.5) is 0 Å². The molecule has 1 aromatic carbocycles. The molecule has 1 fully saturated rings. The summed E-state index contributed by atoms with van der Waals surface area (Å²) in [6.07, 6.45) is 4.36. The van der Waals surface area contributed by atoms with Crippen LogP contribution in [-0.2, 0) is 0 Å².